The number of rotatable bonds is 28. The van der Waals surface area contributed by atoms with E-state index in [4.69, 9.17) is 9.84 Å². The van der Waals surface area contributed by atoms with Crippen molar-refractivity contribution >= 4 is 17.8 Å². The van der Waals surface area contributed by atoms with Gasteiger partial charge in [-0.1, -0.05) is 102 Å². The number of allylic oxidation sites excluding steroid dienone is 4. The molecule has 0 saturated heterocycles. The van der Waals surface area contributed by atoms with Gasteiger partial charge in [-0.2, -0.15) is 0 Å². The maximum atomic E-state index is 12.3. The Morgan fingerprint density at radius 1 is 0.667 bits per heavy atom. The molecule has 0 rings (SSSR count). The normalized spacial score (nSPS) is 12.3. The van der Waals surface area contributed by atoms with E-state index in [-0.39, 0.29) is 24.5 Å². The molecule has 1 atom stereocenters. The first-order chi connectivity index (χ1) is 19.0. The van der Waals surface area contributed by atoms with Gasteiger partial charge in [0, 0.05) is 12.8 Å². The Balaban J connectivity index is 3.75. The largest absolute Gasteiger partial charge is 0.480 e. The topological polar surface area (TPSA) is 92.7 Å². The number of carbonyl (C=O) groups excluding carboxylic acids is 2. The zero-order valence-electron chi connectivity index (χ0n) is 25.2. The molecule has 0 spiro atoms. The summed E-state index contributed by atoms with van der Waals surface area (Å²) in [4.78, 5) is 34.4. The fourth-order valence-electron chi connectivity index (χ4n) is 4.47. The van der Waals surface area contributed by atoms with Gasteiger partial charge in [0.1, 0.15) is 12.6 Å². The third-order valence-corrected chi connectivity index (χ3v) is 6.88. The highest BCUT2D eigenvalue weighted by molar-refractivity contribution is 5.80. The highest BCUT2D eigenvalue weighted by Crippen LogP contribution is 2.16. The van der Waals surface area contributed by atoms with Crippen LogP contribution in [0.25, 0.3) is 0 Å². The van der Waals surface area contributed by atoms with Gasteiger partial charge in [-0.25, -0.2) is 0 Å². The number of hydrogen-bond donors (Lipinski definition) is 2. The first kappa shape index (κ1) is 36.9. The van der Waals surface area contributed by atoms with E-state index < -0.39 is 5.97 Å². The summed E-state index contributed by atoms with van der Waals surface area (Å²) >= 11 is 0. The molecule has 0 fully saturated rings. The molecule has 6 heteroatoms. The summed E-state index contributed by atoms with van der Waals surface area (Å²) < 4.78 is 5.78. The van der Waals surface area contributed by atoms with Gasteiger partial charge in [0.15, 0.2) is 0 Å². The van der Waals surface area contributed by atoms with Crippen LogP contribution in [-0.4, -0.2) is 35.6 Å². The van der Waals surface area contributed by atoms with E-state index >= 15 is 0 Å². The molecule has 0 bridgehead atoms. The second-order valence-electron chi connectivity index (χ2n) is 10.7. The van der Waals surface area contributed by atoms with Gasteiger partial charge >= 0.3 is 11.9 Å². The summed E-state index contributed by atoms with van der Waals surface area (Å²) in [6.45, 7) is 4.05. The molecule has 39 heavy (non-hydrogen) atoms. The maximum absolute atomic E-state index is 12.3. The number of hydrogen-bond acceptors (Lipinski definition) is 4. The molecular formula is C33H59NO5. The van der Waals surface area contributed by atoms with E-state index in [1.54, 1.807) is 0 Å². The summed E-state index contributed by atoms with van der Waals surface area (Å²) in [6, 6.07) is 0. The monoisotopic (exact) mass is 549 g/mol. The van der Waals surface area contributed by atoms with E-state index in [1.165, 1.54) is 64.2 Å². The average molecular weight is 550 g/mol. The third-order valence-electron chi connectivity index (χ3n) is 6.88. The molecule has 226 valence electrons. The molecule has 0 saturated carbocycles. The lowest BCUT2D eigenvalue weighted by atomic mass is 10.0. The predicted molar refractivity (Wildman–Crippen MR) is 162 cm³/mol. The summed E-state index contributed by atoms with van der Waals surface area (Å²) in [5, 5.41) is 11.0. The van der Waals surface area contributed by atoms with Crippen LogP contribution in [0.3, 0.4) is 0 Å². The van der Waals surface area contributed by atoms with Crippen LogP contribution in [0.1, 0.15) is 155 Å². The molecule has 0 aliphatic heterocycles. The van der Waals surface area contributed by atoms with Crippen LogP contribution >= 0.6 is 0 Å². The van der Waals surface area contributed by atoms with E-state index in [0.29, 0.717) is 19.3 Å². The van der Waals surface area contributed by atoms with E-state index in [0.717, 1.165) is 57.8 Å². The zero-order chi connectivity index (χ0) is 28.8. The second-order valence-corrected chi connectivity index (χ2v) is 10.7. The highest BCUT2D eigenvalue weighted by atomic mass is 16.5. The van der Waals surface area contributed by atoms with E-state index in [2.05, 4.69) is 43.5 Å². The van der Waals surface area contributed by atoms with Gasteiger partial charge < -0.3 is 15.2 Å². The van der Waals surface area contributed by atoms with Crippen molar-refractivity contribution < 1.29 is 24.2 Å². The fraction of sp³-hybridized carbons (Fsp3) is 0.788. The summed E-state index contributed by atoms with van der Waals surface area (Å²) in [5.41, 5.74) is 0. The van der Waals surface area contributed by atoms with Crippen molar-refractivity contribution in [3.05, 3.63) is 24.3 Å². The minimum atomic E-state index is -1.03. The van der Waals surface area contributed by atoms with Crippen LogP contribution in [0.15, 0.2) is 24.3 Å². The average Bonchev–Trinajstić information content (AvgIpc) is 2.91. The van der Waals surface area contributed by atoms with Gasteiger partial charge in [-0.3, -0.25) is 14.4 Å². The first-order valence-corrected chi connectivity index (χ1v) is 16.0. The maximum Gasteiger partial charge on any atom is 0.322 e. The molecule has 6 nitrogen and oxygen atoms in total. The number of unbranched alkanes of at least 4 members (excludes halogenated alkanes) is 13. The Hall–Kier alpha value is -2.11. The number of amides is 1. The Labute approximate surface area is 239 Å². The van der Waals surface area contributed by atoms with Crippen molar-refractivity contribution in [2.45, 2.75) is 161 Å². The second kappa shape index (κ2) is 28.9. The Bertz CT molecular complexity index is 658. The van der Waals surface area contributed by atoms with Gasteiger partial charge in [0.2, 0.25) is 5.91 Å². The Morgan fingerprint density at radius 2 is 1.21 bits per heavy atom. The Kier molecular flexibility index (Phi) is 27.3. The SMILES string of the molecule is CCCCC/C=C\C/C=C\CCCCCCCCCC(=O)OC(CCCC)CCCCCC(=O)NCC(=O)O. The minimum absolute atomic E-state index is 0.0332. The molecule has 0 radical (unpaired) electrons. The lowest BCUT2D eigenvalue weighted by Crippen LogP contribution is -2.28. The Morgan fingerprint density at radius 3 is 1.85 bits per heavy atom. The van der Waals surface area contributed by atoms with Crippen LogP contribution in [0.2, 0.25) is 0 Å². The number of carboxylic acids is 1. The van der Waals surface area contributed by atoms with Crippen molar-refractivity contribution in [2.75, 3.05) is 6.54 Å². The van der Waals surface area contributed by atoms with Crippen molar-refractivity contribution in [1.29, 1.82) is 0 Å². The summed E-state index contributed by atoms with van der Waals surface area (Å²) in [5.74, 6) is -1.34. The van der Waals surface area contributed by atoms with E-state index in [1.807, 2.05) is 0 Å². The molecule has 1 unspecified atom stereocenters. The molecule has 0 heterocycles. The number of esters is 1. The lowest BCUT2D eigenvalue weighted by molar-refractivity contribution is -0.150. The minimum Gasteiger partial charge on any atom is -0.480 e. The molecular weight excluding hydrogens is 490 g/mol. The van der Waals surface area contributed by atoms with Crippen LogP contribution in [-0.2, 0) is 19.1 Å². The molecule has 0 aromatic heterocycles. The molecule has 0 aliphatic rings. The molecule has 0 aromatic carbocycles. The van der Waals surface area contributed by atoms with Crippen molar-refractivity contribution in [3.8, 4) is 0 Å². The van der Waals surface area contributed by atoms with Crippen molar-refractivity contribution in [3.63, 3.8) is 0 Å². The molecule has 0 aromatic rings. The van der Waals surface area contributed by atoms with Gasteiger partial charge in [-0.05, 0) is 64.2 Å². The summed E-state index contributed by atoms with van der Waals surface area (Å²) in [6.07, 6.45) is 32.0. The number of carbonyl (C=O) groups is 3. The highest BCUT2D eigenvalue weighted by Gasteiger charge is 2.14. The van der Waals surface area contributed by atoms with Crippen LogP contribution in [0.4, 0.5) is 0 Å². The fourth-order valence-corrected chi connectivity index (χ4v) is 4.47. The number of aliphatic carboxylic acids is 1. The third kappa shape index (κ3) is 28.7. The number of ether oxygens (including phenoxy) is 1. The molecule has 2 N–H and O–H groups in total. The van der Waals surface area contributed by atoms with Crippen molar-refractivity contribution in [1.82, 2.24) is 5.32 Å². The number of nitrogens with one attached hydrogen (secondary N) is 1. The van der Waals surface area contributed by atoms with Gasteiger partial charge in [0.25, 0.3) is 0 Å². The van der Waals surface area contributed by atoms with Crippen LogP contribution in [0, 0.1) is 0 Å². The zero-order valence-corrected chi connectivity index (χ0v) is 25.2. The van der Waals surface area contributed by atoms with Crippen LogP contribution < -0.4 is 5.32 Å². The predicted octanol–water partition coefficient (Wildman–Crippen LogP) is 8.83. The van der Waals surface area contributed by atoms with Crippen molar-refractivity contribution in [2.24, 2.45) is 0 Å². The smallest absolute Gasteiger partial charge is 0.322 e. The quantitative estimate of drug-likeness (QED) is 0.0578. The summed E-state index contributed by atoms with van der Waals surface area (Å²) in [7, 11) is 0. The van der Waals surface area contributed by atoms with Gasteiger partial charge in [0.05, 0.1) is 0 Å². The lowest BCUT2D eigenvalue weighted by Gasteiger charge is -2.18. The molecule has 1 amide bonds. The van der Waals surface area contributed by atoms with E-state index in [9.17, 15) is 14.4 Å². The standard InChI is InChI=1S/C33H59NO5/c1-3-5-7-8-9-10-11-12-13-14-15-16-17-18-19-20-24-28-33(38)39-30(25-6-4-2)26-22-21-23-27-31(35)34-29-32(36)37/h9-10,12-13,30H,3-8,11,14-29H2,1-2H3,(H,34,35)(H,36,37)/b10-9-,13-12-. The number of carboxylic acid groups (broad SMARTS) is 1. The first-order valence-electron chi connectivity index (χ1n) is 16.0. The van der Waals surface area contributed by atoms with Gasteiger partial charge in [-0.15, -0.1) is 0 Å². The molecule has 0 aliphatic carbocycles. The van der Waals surface area contributed by atoms with Crippen LogP contribution in [0.5, 0.6) is 0 Å².